The van der Waals surface area contributed by atoms with E-state index in [9.17, 15) is 22.4 Å². The molecule has 17 heavy (non-hydrogen) atoms. The Hall–Kier alpha value is -1.63. The molecule has 2 N–H and O–H groups in total. The van der Waals surface area contributed by atoms with Crippen molar-refractivity contribution in [2.24, 2.45) is 5.73 Å². The number of methoxy groups -OCH3 is 1. The molecule has 0 aromatic heterocycles. The third-order valence-corrected chi connectivity index (χ3v) is 2.11. The largest absolute Gasteiger partial charge is 0.468 e. The lowest BCUT2D eigenvalue weighted by atomic mass is 10.0. The van der Waals surface area contributed by atoms with Gasteiger partial charge in [0.1, 0.15) is 11.9 Å². The summed E-state index contributed by atoms with van der Waals surface area (Å²) in [7, 11) is 1.01. The maximum Gasteiger partial charge on any atom is 0.416 e. The molecular weight excluding hydrogens is 242 g/mol. The number of esters is 1. The Kier molecular flexibility index (Phi) is 3.72. The molecule has 0 amide bonds. The second-order valence-electron chi connectivity index (χ2n) is 3.23. The zero-order chi connectivity index (χ0) is 13.2. The van der Waals surface area contributed by atoms with Gasteiger partial charge in [0.25, 0.3) is 0 Å². The summed E-state index contributed by atoms with van der Waals surface area (Å²) in [5, 5.41) is 0. The molecule has 1 aromatic carbocycles. The summed E-state index contributed by atoms with van der Waals surface area (Å²) in [4.78, 5) is 11.0. The normalized spacial score (nSPS) is 13.3. The van der Waals surface area contributed by atoms with Crippen LogP contribution in [-0.4, -0.2) is 13.1 Å². The number of hydrogen-bond donors (Lipinski definition) is 1. The van der Waals surface area contributed by atoms with Gasteiger partial charge < -0.3 is 10.5 Å². The number of halogens is 4. The van der Waals surface area contributed by atoms with E-state index >= 15 is 0 Å². The van der Waals surface area contributed by atoms with Crippen molar-refractivity contribution in [3.63, 3.8) is 0 Å². The second kappa shape index (κ2) is 4.70. The molecule has 1 rings (SSSR count). The minimum atomic E-state index is -4.63. The molecule has 7 heteroatoms. The summed E-state index contributed by atoms with van der Waals surface area (Å²) in [6, 6.07) is 0.100. The van der Waals surface area contributed by atoms with Gasteiger partial charge in [-0.1, -0.05) is 0 Å². The molecule has 0 aliphatic carbocycles. The Morgan fingerprint density at radius 3 is 2.47 bits per heavy atom. The molecular formula is C10H9F4NO2. The van der Waals surface area contributed by atoms with E-state index in [1.807, 2.05) is 0 Å². The van der Waals surface area contributed by atoms with Gasteiger partial charge in [0.15, 0.2) is 0 Å². The van der Waals surface area contributed by atoms with Crippen LogP contribution in [0.4, 0.5) is 17.6 Å². The lowest BCUT2D eigenvalue weighted by Gasteiger charge is -2.13. The zero-order valence-electron chi connectivity index (χ0n) is 8.72. The second-order valence-corrected chi connectivity index (χ2v) is 3.23. The molecule has 1 atom stereocenters. The van der Waals surface area contributed by atoms with Gasteiger partial charge >= 0.3 is 12.1 Å². The van der Waals surface area contributed by atoms with Crippen LogP contribution in [-0.2, 0) is 15.7 Å². The van der Waals surface area contributed by atoms with Crippen LogP contribution in [0.2, 0.25) is 0 Å². The van der Waals surface area contributed by atoms with E-state index in [2.05, 4.69) is 4.74 Å². The highest BCUT2D eigenvalue weighted by molar-refractivity contribution is 5.77. The molecule has 0 saturated heterocycles. The Balaban J connectivity index is 3.20. The highest BCUT2D eigenvalue weighted by atomic mass is 19.4. The zero-order valence-corrected chi connectivity index (χ0v) is 8.72. The highest BCUT2D eigenvalue weighted by Gasteiger charge is 2.32. The summed E-state index contributed by atoms with van der Waals surface area (Å²) in [5.74, 6) is -2.00. The van der Waals surface area contributed by atoms with Crippen LogP contribution in [0.25, 0.3) is 0 Å². The summed E-state index contributed by atoms with van der Waals surface area (Å²) < 4.78 is 54.6. The van der Waals surface area contributed by atoms with Crippen molar-refractivity contribution in [3.05, 3.63) is 35.1 Å². The Morgan fingerprint density at radius 2 is 2.00 bits per heavy atom. The number of hydrogen-bond acceptors (Lipinski definition) is 3. The highest BCUT2D eigenvalue weighted by Crippen LogP contribution is 2.31. The fraction of sp³-hybridized carbons (Fsp3) is 0.300. The molecule has 1 aromatic rings. The van der Waals surface area contributed by atoms with Crippen molar-refractivity contribution < 1.29 is 27.1 Å². The number of carbonyl (C=O) groups excluding carboxylic acids is 1. The number of rotatable bonds is 2. The molecule has 94 valence electrons. The number of benzene rings is 1. The average Bonchev–Trinajstić information content (AvgIpc) is 2.26. The van der Waals surface area contributed by atoms with Gasteiger partial charge in [-0.15, -0.1) is 0 Å². The van der Waals surface area contributed by atoms with Crippen molar-refractivity contribution >= 4 is 5.97 Å². The Bertz CT molecular complexity index is 431. The standard InChI is InChI=1S/C10H9F4NO2/c1-17-9(16)8(15)6-4-5(10(12,13)14)2-3-7(6)11/h2-4,8H,15H2,1H3/t8-/m0/s1. The molecule has 0 aliphatic heterocycles. The van der Waals surface area contributed by atoms with Crippen LogP contribution >= 0.6 is 0 Å². The molecule has 0 spiro atoms. The third-order valence-electron chi connectivity index (χ3n) is 2.11. The van der Waals surface area contributed by atoms with Crippen LogP contribution in [0.5, 0.6) is 0 Å². The lowest BCUT2D eigenvalue weighted by Crippen LogP contribution is -2.24. The molecule has 3 nitrogen and oxygen atoms in total. The van der Waals surface area contributed by atoms with Gasteiger partial charge in [-0.2, -0.15) is 13.2 Å². The molecule has 0 unspecified atom stereocenters. The fourth-order valence-corrected chi connectivity index (χ4v) is 1.21. The summed E-state index contributed by atoms with van der Waals surface area (Å²) in [6.45, 7) is 0. The molecule has 0 fully saturated rings. The first-order chi connectivity index (χ1) is 7.77. The SMILES string of the molecule is COC(=O)[C@@H](N)c1cc(C(F)(F)F)ccc1F. The van der Waals surface area contributed by atoms with E-state index in [1.165, 1.54) is 0 Å². The average molecular weight is 251 g/mol. The van der Waals surface area contributed by atoms with Crippen LogP contribution in [0.15, 0.2) is 18.2 Å². The van der Waals surface area contributed by atoms with Gasteiger partial charge in [-0.3, -0.25) is 4.79 Å². The quantitative estimate of drug-likeness (QED) is 0.646. The van der Waals surface area contributed by atoms with Crippen LogP contribution in [0, 0.1) is 5.82 Å². The minimum Gasteiger partial charge on any atom is -0.468 e. The summed E-state index contributed by atoms with van der Waals surface area (Å²) in [6.07, 6.45) is -4.63. The van der Waals surface area contributed by atoms with Crippen LogP contribution < -0.4 is 5.73 Å². The first-order valence-electron chi connectivity index (χ1n) is 4.47. The van der Waals surface area contributed by atoms with Crippen molar-refractivity contribution in [2.45, 2.75) is 12.2 Å². The Labute approximate surface area is 94.2 Å². The number of nitrogens with two attached hydrogens (primary N) is 1. The van der Waals surface area contributed by atoms with E-state index in [-0.39, 0.29) is 0 Å². The van der Waals surface area contributed by atoms with E-state index in [4.69, 9.17) is 5.73 Å². The fourth-order valence-electron chi connectivity index (χ4n) is 1.21. The molecule has 0 heterocycles. The van der Waals surface area contributed by atoms with Crippen molar-refractivity contribution in [1.82, 2.24) is 0 Å². The van der Waals surface area contributed by atoms with E-state index in [0.29, 0.717) is 18.2 Å². The Morgan fingerprint density at radius 1 is 1.41 bits per heavy atom. The van der Waals surface area contributed by atoms with E-state index in [0.717, 1.165) is 7.11 Å². The summed E-state index contributed by atoms with van der Waals surface area (Å²) >= 11 is 0. The number of alkyl halides is 3. The third kappa shape index (κ3) is 2.94. The maximum atomic E-state index is 13.2. The van der Waals surface area contributed by atoms with E-state index in [1.54, 1.807) is 0 Å². The molecule has 0 radical (unpaired) electrons. The van der Waals surface area contributed by atoms with E-state index < -0.39 is 35.1 Å². The molecule has 0 bridgehead atoms. The topological polar surface area (TPSA) is 52.3 Å². The van der Waals surface area contributed by atoms with Crippen molar-refractivity contribution in [2.75, 3.05) is 7.11 Å². The van der Waals surface area contributed by atoms with Gasteiger partial charge in [-0.05, 0) is 18.2 Å². The van der Waals surface area contributed by atoms with Gasteiger partial charge in [0, 0.05) is 5.56 Å². The van der Waals surface area contributed by atoms with Crippen LogP contribution in [0.3, 0.4) is 0 Å². The number of ether oxygens (including phenoxy) is 1. The smallest absolute Gasteiger partial charge is 0.416 e. The maximum absolute atomic E-state index is 13.2. The van der Waals surface area contributed by atoms with Crippen molar-refractivity contribution in [3.8, 4) is 0 Å². The molecule has 0 aliphatic rings. The predicted molar refractivity (Wildman–Crippen MR) is 50.3 cm³/mol. The first-order valence-corrected chi connectivity index (χ1v) is 4.47. The minimum absolute atomic E-state index is 0.497. The van der Waals surface area contributed by atoms with Crippen LogP contribution in [0.1, 0.15) is 17.2 Å². The predicted octanol–water partition coefficient (Wildman–Crippen LogP) is 2.02. The number of carbonyl (C=O) groups is 1. The first kappa shape index (κ1) is 13.4. The van der Waals surface area contributed by atoms with Gasteiger partial charge in [0.05, 0.1) is 12.7 Å². The van der Waals surface area contributed by atoms with Crippen molar-refractivity contribution in [1.29, 1.82) is 0 Å². The monoisotopic (exact) mass is 251 g/mol. The van der Waals surface area contributed by atoms with Gasteiger partial charge in [-0.25, -0.2) is 4.39 Å². The lowest BCUT2D eigenvalue weighted by molar-refractivity contribution is -0.143. The van der Waals surface area contributed by atoms with Gasteiger partial charge in [0.2, 0.25) is 0 Å². The molecule has 0 saturated carbocycles. The summed E-state index contributed by atoms with van der Waals surface area (Å²) in [5.41, 5.74) is 3.66.